The fourth-order valence-corrected chi connectivity index (χ4v) is 2.85. The van der Waals surface area contributed by atoms with Crippen molar-refractivity contribution in [2.75, 3.05) is 39.3 Å². The van der Waals surface area contributed by atoms with E-state index < -0.39 is 0 Å². The van der Waals surface area contributed by atoms with Crippen LogP contribution in [-0.2, 0) is 6.54 Å². The Hall–Kier alpha value is -1.02. The number of aromatic nitrogens is 1. The molecule has 7 heteroatoms. The molecule has 0 unspecified atom stereocenters. The monoisotopic (exact) mass is 284 g/mol. The van der Waals surface area contributed by atoms with Gasteiger partial charge >= 0.3 is 0 Å². The SMILES string of the molecule is NCc1nc(C(=O)N2CCCN(CCO)CC2)cs1. The molecule has 2 heterocycles. The smallest absolute Gasteiger partial charge is 0.273 e. The van der Waals surface area contributed by atoms with Gasteiger partial charge in [-0.15, -0.1) is 11.3 Å². The van der Waals surface area contributed by atoms with Crippen molar-refractivity contribution in [3.63, 3.8) is 0 Å². The number of carbonyl (C=O) groups excluding carboxylic acids is 1. The van der Waals surface area contributed by atoms with Gasteiger partial charge in [0.25, 0.3) is 5.91 Å². The normalized spacial score (nSPS) is 17.5. The molecule has 1 saturated heterocycles. The van der Waals surface area contributed by atoms with Gasteiger partial charge in [-0.1, -0.05) is 0 Å². The Bertz CT molecular complexity index is 424. The second-order valence-electron chi connectivity index (χ2n) is 4.54. The zero-order valence-electron chi connectivity index (χ0n) is 10.9. The van der Waals surface area contributed by atoms with Crippen molar-refractivity contribution in [2.24, 2.45) is 5.73 Å². The van der Waals surface area contributed by atoms with Crippen LogP contribution in [0.4, 0.5) is 0 Å². The van der Waals surface area contributed by atoms with Gasteiger partial charge in [-0.25, -0.2) is 4.98 Å². The summed E-state index contributed by atoms with van der Waals surface area (Å²) in [6.45, 7) is 4.39. The highest BCUT2D eigenvalue weighted by atomic mass is 32.1. The molecule has 1 aliphatic rings. The summed E-state index contributed by atoms with van der Waals surface area (Å²) in [6.07, 6.45) is 0.930. The summed E-state index contributed by atoms with van der Waals surface area (Å²) in [5, 5.41) is 11.5. The van der Waals surface area contributed by atoms with Crippen LogP contribution in [0.15, 0.2) is 5.38 Å². The van der Waals surface area contributed by atoms with Crippen LogP contribution in [0.1, 0.15) is 21.9 Å². The number of hydrogen-bond acceptors (Lipinski definition) is 6. The van der Waals surface area contributed by atoms with E-state index in [-0.39, 0.29) is 12.5 Å². The Morgan fingerprint density at radius 1 is 1.42 bits per heavy atom. The highest BCUT2D eigenvalue weighted by Crippen LogP contribution is 2.13. The van der Waals surface area contributed by atoms with E-state index in [9.17, 15) is 4.79 Å². The van der Waals surface area contributed by atoms with E-state index in [0.717, 1.165) is 31.1 Å². The number of nitrogens with zero attached hydrogens (tertiary/aromatic N) is 3. The Labute approximate surface area is 116 Å². The lowest BCUT2D eigenvalue weighted by Gasteiger charge is -2.20. The third-order valence-electron chi connectivity index (χ3n) is 3.24. The van der Waals surface area contributed by atoms with E-state index in [0.29, 0.717) is 25.3 Å². The maximum Gasteiger partial charge on any atom is 0.273 e. The minimum absolute atomic E-state index is 0.0122. The third-order valence-corrected chi connectivity index (χ3v) is 4.11. The minimum atomic E-state index is -0.0122. The molecule has 1 fully saturated rings. The molecule has 0 radical (unpaired) electrons. The van der Waals surface area contributed by atoms with Crippen LogP contribution in [0.5, 0.6) is 0 Å². The molecule has 1 aromatic heterocycles. The first-order valence-corrected chi connectivity index (χ1v) is 7.39. The number of thiazole rings is 1. The standard InChI is InChI=1S/C12H20N4O2S/c13-8-11-14-10(9-19-11)12(18)16-3-1-2-15(4-5-16)6-7-17/h9,17H,1-8,13H2. The minimum Gasteiger partial charge on any atom is -0.395 e. The number of nitrogens with two attached hydrogens (primary N) is 1. The van der Waals surface area contributed by atoms with Crippen LogP contribution in [0.3, 0.4) is 0 Å². The fourth-order valence-electron chi connectivity index (χ4n) is 2.20. The topological polar surface area (TPSA) is 82.7 Å². The number of rotatable bonds is 4. The summed E-state index contributed by atoms with van der Waals surface area (Å²) in [5.41, 5.74) is 6.01. The van der Waals surface area contributed by atoms with Gasteiger partial charge in [0.15, 0.2) is 0 Å². The number of aliphatic hydroxyl groups is 1. The average molecular weight is 284 g/mol. The van der Waals surface area contributed by atoms with Crippen LogP contribution < -0.4 is 5.73 Å². The van der Waals surface area contributed by atoms with Crippen molar-refractivity contribution in [3.8, 4) is 0 Å². The quantitative estimate of drug-likeness (QED) is 0.796. The van der Waals surface area contributed by atoms with Gasteiger partial charge in [0.05, 0.1) is 6.61 Å². The highest BCUT2D eigenvalue weighted by molar-refractivity contribution is 7.09. The summed E-state index contributed by atoms with van der Waals surface area (Å²) in [5.74, 6) is -0.0122. The molecule has 0 aliphatic carbocycles. The van der Waals surface area contributed by atoms with Gasteiger partial charge in [0, 0.05) is 38.1 Å². The lowest BCUT2D eigenvalue weighted by atomic mass is 10.3. The molecule has 1 amide bonds. The summed E-state index contributed by atoms with van der Waals surface area (Å²) in [7, 11) is 0. The summed E-state index contributed by atoms with van der Waals surface area (Å²) < 4.78 is 0. The molecule has 0 atom stereocenters. The molecule has 0 spiro atoms. The molecule has 3 N–H and O–H groups in total. The lowest BCUT2D eigenvalue weighted by molar-refractivity contribution is 0.0755. The van der Waals surface area contributed by atoms with Gasteiger partial charge in [0.2, 0.25) is 0 Å². The third kappa shape index (κ3) is 3.73. The molecule has 19 heavy (non-hydrogen) atoms. The van der Waals surface area contributed by atoms with E-state index in [2.05, 4.69) is 9.88 Å². The predicted molar refractivity (Wildman–Crippen MR) is 74.1 cm³/mol. The Kier molecular flexibility index (Phi) is 5.26. The second kappa shape index (κ2) is 6.95. The number of hydrogen-bond donors (Lipinski definition) is 2. The Morgan fingerprint density at radius 3 is 2.95 bits per heavy atom. The zero-order valence-corrected chi connectivity index (χ0v) is 11.7. The van der Waals surface area contributed by atoms with Crippen LogP contribution in [-0.4, -0.2) is 65.1 Å². The number of carbonyl (C=O) groups is 1. The molecule has 6 nitrogen and oxygen atoms in total. The van der Waals surface area contributed by atoms with E-state index in [1.54, 1.807) is 5.38 Å². The van der Waals surface area contributed by atoms with Crippen LogP contribution in [0.25, 0.3) is 0 Å². The zero-order chi connectivity index (χ0) is 13.7. The van der Waals surface area contributed by atoms with Gasteiger partial charge in [-0.3, -0.25) is 9.69 Å². The van der Waals surface area contributed by atoms with Crippen LogP contribution in [0.2, 0.25) is 0 Å². The highest BCUT2D eigenvalue weighted by Gasteiger charge is 2.21. The molecule has 0 saturated carbocycles. The molecule has 1 aliphatic heterocycles. The molecule has 0 aromatic carbocycles. The van der Waals surface area contributed by atoms with Crippen LogP contribution in [0, 0.1) is 0 Å². The van der Waals surface area contributed by atoms with Crippen molar-refractivity contribution in [3.05, 3.63) is 16.1 Å². The van der Waals surface area contributed by atoms with E-state index in [1.807, 2.05) is 4.90 Å². The van der Waals surface area contributed by atoms with E-state index in [1.165, 1.54) is 11.3 Å². The van der Waals surface area contributed by atoms with Crippen molar-refractivity contribution >= 4 is 17.2 Å². The molecule has 1 aromatic rings. The summed E-state index contributed by atoms with van der Waals surface area (Å²) in [4.78, 5) is 20.6. The van der Waals surface area contributed by atoms with Gasteiger partial charge in [0.1, 0.15) is 10.7 Å². The maximum atomic E-state index is 12.3. The van der Waals surface area contributed by atoms with Gasteiger partial charge < -0.3 is 15.7 Å². The van der Waals surface area contributed by atoms with Gasteiger partial charge in [-0.2, -0.15) is 0 Å². The lowest BCUT2D eigenvalue weighted by Crippen LogP contribution is -2.36. The van der Waals surface area contributed by atoms with Crippen LogP contribution >= 0.6 is 11.3 Å². The fraction of sp³-hybridized carbons (Fsp3) is 0.667. The maximum absolute atomic E-state index is 12.3. The largest absolute Gasteiger partial charge is 0.395 e. The first-order chi connectivity index (χ1) is 9.24. The number of β-amino-alcohol motifs (C(OH)–C–C–N with tert-alkyl or cyclic N) is 1. The van der Waals surface area contributed by atoms with Crippen molar-refractivity contribution in [2.45, 2.75) is 13.0 Å². The predicted octanol–water partition coefficient (Wildman–Crippen LogP) is -0.258. The van der Waals surface area contributed by atoms with E-state index in [4.69, 9.17) is 10.8 Å². The van der Waals surface area contributed by atoms with Gasteiger partial charge in [-0.05, 0) is 13.0 Å². The first-order valence-electron chi connectivity index (χ1n) is 6.51. The number of aliphatic hydroxyl groups excluding tert-OH is 1. The Balaban J connectivity index is 1.95. The summed E-state index contributed by atoms with van der Waals surface area (Å²) in [6, 6.07) is 0. The summed E-state index contributed by atoms with van der Waals surface area (Å²) >= 11 is 1.43. The molecule has 2 rings (SSSR count). The second-order valence-corrected chi connectivity index (χ2v) is 5.48. The van der Waals surface area contributed by atoms with E-state index >= 15 is 0 Å². The average Bonchev–Trinajstić information content (AvgIpc) is 2.79. The molecule has 0 bridgehead atoms. The van der Waals surface area contributed by atoms with Crippen molar-refractivity contribution in [1.29, 1.82) is 0 Å². The van der Waals surface area contributed by atoms with Crippen molar-refractivity contribution < 1.29 is 9.90 Å². The molecular formula is C12H20N4O2S. The molecule has 106 valence electrons. The number of amides is 1. The Morgan fingerprint density at radius 2 is 2.26 bits per heavy atom. The molecular weight excluding hydrogens is 264 g/mol. The first kappa shape index (κ1) is 14.4. The van der Waals surface area contributed by atoms with Crippen molar-refractivity contribution in [1.82, 2.24) is 14.8 Å².